The largest absolute Gasteiger partial charge is 0.360 e. The van der Waals surface area contributed by atoms with Crippen molar-refractivity contribution in [2.45, 2.75) is 64.0 Å². The van der Waals surface area contributed by atoms with Crippen LogP contribution in [0.4, 0.5) is 0 Å². The molecule has 0 aromatic rings. The number of nitrogens with one attached hydrogen (secondary N) is 2. The summed E-state index contributed by atoms with van der Waals surface area (Å²) in [6.45, 7) is 2.30. The Labute approximate surface area is 98.2 Å². The second kappa shape index (κ2) is 5.15. The third-order valence-electron chi connectivity index (χ3n) is 3.65. The Bertz CT molecular complexity index is 218. The molecule has 2 fully saturated rings. The molecule has 2 saturated carbocycles. The molecule has 3 heteroatoms. The van der Waals surface area contributed by atoms with E-state index in [1.54, 1.807) is 0 Å². The molecule has 86 valence electrons. The van der Waals surface area contributed by atoms with Gasteiger partial charge in [-0.1, -0.05) is 26.2 Å². The molecule has 0 heterocycles. The van der Waals surface area contributed by atoms with Gasteiger partial charge in [-0.15, -0.1) is 0 Å². The summed E-state index contributed by atoms with van der Waals surface area (Å²) in [7, 11) is 0. The summed E-state index contributed by atoms with van der Waals surface area (Å²) >= 11 is 5.33. The van der Waals surface area contributed by atoms with E-state index in [2.05, 4.69) is 17.6 Å². The normalized spacial score (nSPS) is 31.8. The van der Waals surface area contributed by atoms with Gasteiger partial charge in [0, 0.05) is 12.1 Å². The van der Waals surface area contributed by atoms with Crippen LogP contribution in [0.2, 0.25) is 0 Å². The van der Waals surface area contributed by atoms with E-state index < -0.39 is 0 Å². The van der Waals surface area contributed by atoms with Gasteiger partial charge in [0.05, 0.1) is 0 Å². The maximum absolute atomic E-state index is 5.33. The fourth-order valence-corrected chi connectivity index (χ4v) is 3.01. The van der Waals surface area contributed by atoms with Crippen molar-refractivity contribution >= 4 is 17.3 Å². The number of hydrogen-bond donors (Lipinski definition) is 2. The van der Waals surface area contributed by atoms with Crippen molar-refractivity contribution in [3.63, 3.8) is 0 Å². The second-order valence-electron chi connectivity index (χ2n) is 5.23. The van der Waals surface area contributed by atoms with Gasteiger partial charge in [0.2, 0.25) is 0 Å². The van der Waals surface area contributed by atoms with E-state index in [1.165, 1.54) is 44.9 Å². The van der Waals surface area contributed by atoms with Crippen LogP contribution < -0.4 is 10.6 Å². The Morgan fingerprint density at radius 1 is 1.00 bits per heavy atom. The van der Waals surface area contributed by atoms with E-state index >= 15 is 0 Å². The zero-order valence-corrected chi connectivity index (χ0v) is 10.4. The summed E-state index contributed by atoms with van der Waals surface area (Å²) in [5.74, 6) is 0.889. The summed E-state index contributed by atoms with van der Waals surface area (Å²) in [5, 5.41) is 7.76. The molecule has 0 atom stereocenters. The summed E-state index contributed by atoms with van der Waals surface area (Å²) < 4.78 is 0. The fourth-order valence-electron chi connectivity index (χ4n) is 2.68. The quantitative estimate of drug-likeness (QED) is 0.708. The lowest BCUT2D eigenvalue weighted by Crippen LogP contribution is -2.50. The molecule has 0 amide bonds. The molecule has 0 radical (unpaired) electrons. The predicted octanol–water partition coefficient (Wildman–Crippen LogP) is 2.58. The molecular formula is C12H22N2S. The Morgan fingerprint density at radius 2 is 1.60 bits per heavy atom. The Kier molecular flexibility index (Phi) is 3.84. The molecule has 2 aliphatic carbocycles. The van der Waals surface area contributed by atoms with Crippen LogP contribution in [0.1, 0.15) is 51.9 Å². The zero-order valence-electron chi connectivity index (χ0n) is 9.59. The molecule has 15 heavy (non-hydrogen) atoms. The highest BCUT2D eigenvalue weighted by molar-refractivity contribution is 7.80. The smallest absolute Gasteiger partial charge is 0.166 e. The van der Waals surface area contributed by atoms with Crippen LogP contribution in [0.15, 0.2) is 0 Å². The van der Waals surface area contributed by atoms with Gasteiger partial charge in [0.1, 0.15) is 0 Å². The first-order chi connectivity index (χ1) is 7.24. The molecule has 2 aliphatic rings. The molecule has 0 saturated heterocycles. The highest BCUT2D eigenvalue weighted by Crippen LogP contribution is 2.26. The molecule has 0 aromatic heterocycles. The minimum absolute atomic E-state index is 0.635. The molecule has 2 N–H and O–H groups in total. The molecule has 0 aliphatic heterocycles. The first kappa shape index (κ1) is 11.2. The predicted molar refractivity (Wildman–Crippen MR) is 67.9 cm³/mol. The van der Waals surface area contributed by atoms with Gasteiger partial charge in [-0.2, -0.15) is 0 Å². The Morgan fingerprint density at radius 3 is 2.20 bits per heavy atom. The molecule has 2 nitrogen and oxygen atoms in total. The lowest BCUT2D eigenvalue weighted by Gasteiger charge is -2.35. The topological polar surface area (TPSA) is 24.1 Å². The van der Waals surface area contributed by atoms with Gasteiger partial charge >= 0.3 is 0 Å². The Hall–Kier alpha value is -0.310. The van der Waals surface area contributed by atoms with Crippen LogP contribution in [0.25, 0.3) is 0 Å². The Balaban J connectivity index is 1.63. The van der Waals surface area contributed by atoms with Gasteiger partial charge in [0.15, 0.2) is 5.11 Å². The monoisotopic (exact) mass is 226 g/mol. The summed E-state index contributed by atoms with van der Waals surface area (Å²) in [5.41, 5.74) is 0. The highest BCUT2D eigenvalue weighted by atomic mass is 32.1. The van der Waals surface area contributed by atoms with Crippen LogP contribution in [0, 0.1) is 5.92 Å². The molecule has 0 bridgehead atoms. The highest BCUT2D eigenvalue weighted by Gasteiger charge is 2.26. The van der Waals surface area contributed by atoms with Crippen molar-refractivity contribution in [3.8, 4) is 0 Å². The maximum atomic E-state index is 5.33. The molecule has 0 unspecified atom stereocenters. The average Bonchev–Trinajstić information content (AvgIpc) is 2.17. The minimum Gasteiger partial charge on any atom is -0.360 e. The van der Waals surface area contributed by atoms with Crippen molar-refractivity contribution in [2.24, 2.45) is 5.92 Å². The van der Waals surface area contributed by atoms with Crippen molar-refractivity contribution in [1.29, 1.82) is 0 Å². The van der Waals surface area contributed by atoms with Crippen LogP contribution >= 0.6 is 12.2 Å². The lowest BCUT2D eigenvalue weighted by molar-refractivity contribution is 0.266. The van der Waals surface area contributed by atoms with Gasteiger partial charge in [-0.25, -0.2) is 0 Å². The molecule has 0 aromatic carbocycles. The van der Waals surface area contributed by atoms with Crippen LogP contribution in [-0.4, -0.2) is 17.2 Å². The standard InChI is InChI=1S/C12H22N2S/c1-9-7-11(8-9)14-12(15)13-10-5-3-2-4-6-10/h9-11H,2-8H2,1H3,(H2,13,14,15). The summed E-state index contributed by atoms with van der Waals surface area (Å²) in [6.07, 6.45) is 9.28. The van der Waals surface area contributed by atoms with E-state index in [0.717, 1.165) is 11.0 Å². The van der Waals surface area contributed by atoms with E-state index in [-0.39, 0.29) is 0 Å². The first-order valence-electron chi connectivity index (χ1n) is 6.31. The maximum Gasteiger partial charge on any atom is 0.166 e. The number of thiocarbonyl (C=S) groups is 1. The van der Waals surface area contributed by atoms with Crippen molar-refractivity contribution in [2.75, 3.05) is 0 Å². The van der Waals surface area contributed by atoms with E-state index in [0.29, 0.717) is 12.1 Å². The zero-order chi connectivity index (χ0) is 10.7. The van der Waals surface area contributed by atoms with Crippen LogP contribution in [-0.2, 0) is 0 Å². The average molecular weight is 226 g/mol. The van der Waals surface area contributed by atoms with Crippen molar-refractivity contribution in [3.05, 3.63) is 0 Å². The van der Waals surface area contributed by atoms with Gasteiger partial charge in [-0.3, -0.25) is 0 Å². The fraction of sp³-hybridized carbons (Fsp3) is 0.917. The van der Waals surface area contributed by atoms with Gasteiger partial charge in [0.25, 0.3) is 0 Å². The SMILES string of the molecule is CC1CC(NC(=S)NC2CCCCC2)C1. The molecule has 2 rings (SSSR count). The summed E-state index contributed by atoms with van der Waals surface area (Å²) in [6, 6.07) is 1.28. The second-order valence-corrected chi connectivity index (χ2v) is 5.63. The van der Waals surface area contributed by atoms with Gasteiger partial charge in [-0.05, 0) is 43.8 Å². The van der Waals surface area contributed by atoms with E-state index in [4.69, 9.17) is 12.2 Å². The number of hydrogen-bond acceptors (Lipinski definition) is 1. The van der Waals surface area contributed by atoms with E-state index in [1.807, 2.05) is 0 Å². The van der Waals surface area contributed by atoms with Crippen LogP contribution in [0.3, 0.4) is 0 Å². The molecular weight excluding hydrogens is 204 g/mol. The minimum atomic E-state index is 0.635. The van der Waals surface area contributed by atoms with Crippen molar-refractivity contribution < 1.29 is 0 Å². The first-order valence-corrected chi connectivity index (χ1v) is 6.72. The molecule has 0 spiro atoms. The third-order valence-corrected chi connectivity index (χ3v) is 3.89. The van der Waals surface area contributed by atoms with Crippen molar-refractivity contribution in [1.82, 2.24) is 10.6 Å². The number of rotatable bonds is 2. The summed E-state index contributed by atoms with van der Waals surface area (Å²) in [4.78, 5) is 0. The lowest BCUT2D eigenvalue weighted by atomic mass is 9.82. The third kappa shape index (κ3) is 3.33. The van der Waals surface area contributed by atoms with E-state index in [9.17, 15) is 0 Å². The van der Waals surface area contributed by atoms with Crippen LogP contribution in [0.5, 0.6) is 0 Å². The van der Waals surface area contributed by atoms with Gasteiger partial charge < -0.3 is 10.6 Å².